The molecule has 14 nitrogen and oxygen atoms in total. The molecule has 1 fully saturated rings. The molecule has 0 aliphatic carbocycles. The molecule has 3 heterocycles. The number of rotatable bonds is 9. The Morgan fingerprint density at radius 1 is 1.15 bits per heavy atom. The second-order valence-electron chi connectivity index (χ2n) is 7.95. The molecule has 0 spiro atoms. The highest BCUT2D eigenvalue weighted by atomic mass is 32.2. The summed E-state index contributed by atoms with van der Waals surface area (Å²) in [6.45, 7) is 2.41. The molecular weight excluding hydrogens is 528 g/mol. The second-order valence-corrected chi connectivity index (χ2v) is 8.92. The van der Waals surface area contributed by atoms with E-state index in [1.54, 1.807) is 18.3 Å². The molecule has 4 rings (SSSR count). The average Bonchev–Trinajstić information content (AvgIpc) is 3.43. The van der Waals surface area contributed by atoms with Crippen LogP contribution in [0.25, 0.3) is 11.1 Å². The first-order chi connectivity index (χ1) is 18.9. The lowest BCUT2D eigenvalue weighted by Crippen LogP contribution is -2.62. The minimum Gasteiger partial charge on any atom is -0.493 e. The van der Waals surface area contributed by atoms with E-state index >= 15 is 0 Å². The summed E-state index contributed by atoms with van der Waals surface area (Å²) < 4.78 is 26.7. The molecule has 1 saturated heterocycles. The van der Waals surface area contributed by atoms with Gasteiger partial charge in [-0.1, -0.05) is 11.8 Å². The molecular formula is C24H25N8O6S+. The van der Waals surface area contributed by atoms with Crippen molar-refractivity contribution in [1.82, 2.24) is 10.3 Å². The third-order valence-electron chi connectivity index (χ3n) is 5.70. The van der Waals surface area contributed by atoms with E-state index in [4.69, 9.17) is 29.2 Å². The third kappa shape index (κ3) is 5.74. The van der Waals surface area contributed by atoms with Crippen LogP contribution < -0.4 is 35.1 Å². The van der Waals surface area contributed by atoms with Crippen molar-refractivity contribution < 1.29 is 33.1 Å². The number of nitrogens with two attached hydrogens (primary N) is 1. The van der Waals surface area contributed by atoms with Crippen LogP contribution in [0.4, 0.5) is 11.7 Å². The van der Waals surface area contributed by atoms with E-state index < -0.39 is 5.91 Å². The van der Waals surface area contributed by atoms with Crippen LogP contribution in [0.5, 0.6) is 17.2 Å². The quantitative estimate of drug-likeness (QED) is 0.283. The zero-order chi connectivity index (χ0) is 27.9. The number of nitrogens with one attached hydrogen (secondary N) is 1. The number of hydrogen-bond donors (Lipinski definition) is 2. The van der Waals surface area contributed by atoms with Crippen LogP contribution in [-0.2, 0) is 9.53 Å². The van der Waals surface area contributed by atoms with Gasteiger partial charge in [0.25, 0.3) is 6.20 Å². The van der Waals surface area contributed by atoms with Gasteiger partial charge in [0.05, 0.1) is 63.7 Å². The number of nitriles is 2. The van der Waals surface area contributed by atoms with Gasteiger partial charge in [-0.3, -0.25) is 14.6 Å². The number of benzene rings is 1. The van der Waals surface area contributed by atoms with E-state index in [0.29, 0.717) is 49.1 Å². The van der Waals surface area contributed by atoms with Crippen molar-refractivity contribution in [3.05, 3.63) is 29.5 Å². The van der Waals surface area contributed by atoms with E-state index in [1.807, 2.05) is 11.1 Å². The van der Waals surface area contributed by atoms with Crippen molar-refractivity contribution in [2.75, 3.05) is 69.4 Å². The van der Waals surface area contributed by atoms with Gasteiger partial charge < -0.3 is 24.7 Å². The molecule has 1 aliphatic heterocycles. The molecule has 0 atom stereocenters. The van der Waals surface area contributed by atoms with Crippen molar-refractivity contribution in [2.45, 2.75) is 5.03 Å². The summed E-state index contributed by atoms with van der Waals surface area (Å²) in [6.07, 6.45) is 1.55. The number of carbonyl (C=O) groups is 1. The highest BCUT2D eigenvalue weighted by Crippen LogP contribution is 2.44. The fraction of sp³-hybridized carbons (Fsp3) is 0.333. The van der Waals surface area contributed by atoms with Gasteiger partial charge in [-0.25, -0.2) is 4.98 Å². The Labute approximate surface area is 227 Å². The molecule has 39 heavy (non-hydrogen) atoms. The maximum absolute atomic E-state index is 12.7. The lowest BCUT2D eigenvalue weighted by Gasteiger charge is -2.18. The number of morpholine rings is 1. The van der Waals surface area contributed by atoms with Gasteiger partial charge in [-0.05, 0) is 17.7 Å². The molecule has 1 aromatic carbocycles. The molecule has 0 unspecified atom stereocenters. The molecule has 1 amide bonds. The van der Waals surface area contributed by atoms with Crippen molar-refractivity contribution >= 4 is 29.4 Å². The molecule has 1 aliphatic rings. The monoisotopic (exact) mass is 553 g/mol. The van der Waals surface area contributed by atoms with Crippen molar-refractivity contribution in [2.24, 2.45) is 0 Å². The zero-order valence-corrected chi connectivity index (χ0v) is 22.2. The Hall–Kier alpha value is -4.73. The van der Waals surface area contributed by atoms with Crippen molar-refractivity contribution in [3.8, 4) is 40.5 Å². The number of ether oxygens (including phenoxy) is 4. The van der Waals surface area contributed by atoms with Crippen LogP contribution >= 0.6 is 11.8 Å². The van der Waals surface area contributed by atoms with Crippen LogP contribution in [0, 0.1) is 22.7 Å². The Kier molecular flexibility index (Phi) is 8.55. The maximum Gasteiger partial charge on any atom is 0.305 e. The van der Waals surface area contributed by atoms with Gasteiger partial charge in [0.15, 0.2) is 11.5 Å². The van der Waals surface area contributed by atoms with Gasteiger partial charge in [-0.15, -0.1) is 5.01 Å². The van der Waals surface area contributed by atoms with Gasteiger partial charge in [0.1, 0.15) is 28.5 Å². The normalized spacial score (nSPS) is 12.8. The topological polar surface area (TPSA) is 186 Å². The molecule has 0 radical (unpaired) electrons. The second kappa shape index (κ2) is 12.2. The first-order valence-electron chi connectivity index (χ1n) is 11.5. The van der Waals surface area contributed by atoms with Crippen LogP contribution in [0.3, 0.4) is 0 Å². The van der Waals surface area contributed by atoms with Crippen molar-refractivity contribution in [1.29, 1.82) is 10.5 Å². The van der Waals surface area contributed by atoms with E-state index in [-0.39, 0.29) is 39.2 Å². The summed E-state index contributed by atoms with van der Waals surface area (Å²) in [7, 11) is 4.37. The minimum absolute atomic E-state index is 0.00366. The van der Waals surface area contributed by atoms with E-state index in [0.717, 1.165) is 11.8 Å². The largest absolute Gasteiger partial charge is 0.493 e. The van der Waals surface area contributed by atoms with Crippen LogP contribution in [0.15, 0.2) is 27.9 Å². The molecule has 0 saturated carbocycles. The summed E-state index contributed by atoms with van der Waals surface area (Å²) in [6, 6.07) is 7.33. The van der Waals surface area contributed by atoms with Crippen LogP contribution in [0.1, 0.15) is 11.1 Å². The molecule has 0 bridgehead atoms. The number of hydrogen-bond acceptors (Lipinski definition) is 13. The fourth-order valence-corrected chi connectivity index (χ4v) is 4.70. The maximum atomic E-state index is 12.7. The summed E-state index contributed by atoms with van der Waals surface area (Å²) in [5.41, 5.74) is 6.84. The van der Waals surface area contributed by atoms with Gasteiger partial charge >= 0.3 is 5.88 Å². The highest BCUT2D eigenvalue weighted by molar-refractivity contribution is 8.00. The fourth-order valence-electron chi connectivity index (χ4n) is 3.91. The van der Waals surface area contributed by atoms with Crippen LogP contribution in [0.2, 0.25) is 0 Å². The molecule has 202 valence electrons. The van der Waals surface area contributed by atoms with Gasteiger partial charge in [0, 0.05) is 5.56 Å². The number of carbonyl (C=O) groups excluding carboxylic acids is 1. The van der Waals surface area contributed by atoms with Gasteiger partial charge in [-0.2, -0.15) is 10.5 Å². The first-order valence-corrected chi connectivity index (χ1v) is 12.5. The number of methoxy groups -OCH3 is 3. The Balaban J connectivity index is 1.60. The summed E-state index contributed by atoms with van der Waals surface area (Å²) >= 11 is 0.986. The number of nitrogens with zero attached hydrogens (tertiary/aromatic N) is 6. The van der Waals surface area contributed by atoms with E-state index in [2.05, 4.69) is 21.6 Å². The number of nitrogen functional groups attached to an aromatic ring is 1. The molecule has 2 aromatic heterocycles. The predicted octanol–water partition coefficient (Wildman–Crippen LogP) is 1.07. The summed E-state index contributed by atoms with van der Waals surface area (Å²) in [5.74, 6) is 0.502. The minimum atomic E-state index is -0.423. The third-order valence-corrected chi connectivity index (χ3v) is 6.68. The number of anilines is 2. The van der Waals surface area contributed by atoms with E-state index in [9.17, 15) is 15.3 Å². The molecule has 3 N–H and O–H groups in total. The standard InChI is InChI=1S/C24H24N8O6S/c1-34-17-8-14(9-18(35-2)22(17)36-3)21-15(10-25)23(27)29-24(16(21)11-26)39-13-19(33)28-20-12-32(30-38-20)31-4-6-37-7-5-31/h8-9,12H,4-7,13H2,1-3H3,(H2-,27,28,29,30,33)/p+1. The number of pyridine rings is 1. The van der Waals surface area contributed by atoms with E-state index in [1.165, 1.54) is 26.1 Å². The summed E-state index contributed by atoms with van der Waals surface area (Å²) in [4.78, 5) is 18.4. The average molecular weight is 554 g/mol. The smallest absolute Gasteiger partial charge is 0.305 e. The Morgan fingerprint density at radius 3 is 2.41 bits per heavy atom. The number of thioether (sulfide) groups is 1. The van der Waals surface area contributed by atoms with Gasteiger partial charge in [0.2, 0.25) is 16.9 Å². The SMILES string of the molecule is COc1cc(-c2c(C#N)c(N)nc(SCC(=O)Nc3c[n+](N4CCOCC4)no3)c2C#N)cc(OC)c1OC. The van der Waals surface area contributed by atoms with Crippen LogP contribution in [-0.4, -0.2) is 69.5 Å². The van der Waals surface area contributed by atoms with Crippen molar-refractivity contribution in [3.63, 3.8) is 0 Å². The lowest BCUT2D eigenvalue weighted by molar-refractivity contribution is -0.759. The predicted molar refractivity (Wildman–Crippen MR) is 138 cm³/mol. The zero-order valence-electron chi connectivity index (χ0n) is 21.4. The first kappa shape index (κ1) is 27.3. The number of aromatic nitrogens is 3. The highest BCUT2D eigenvalue weighted by Gasteiger charge is 2.26. The Bertz CT molecular complexity index is 1430. The number of amides is 1. The molecule has 3 aromatic rings. The Morgan fingerprint density at radius 2 is 1.82 bits per heavy atom. The molecule has 15 heteroatoms. The summed E-state index contributed by atoms with van der Waals surface area (Å²) in [5, 5.41) is 28.5. The lowest BCUT2D eigenvalue weighted by atomic mass is 9.96.